The van der Waals surface area contributed by atoms with Gasteiger partial charge >= 0.3 is 0 Å². The van der Waals surface area contributed by atoms with Gasteiger partial charge in [0, 0.05) is 18.4 Å². The van der Waals surface area contributed by atoms with E-state index in [9.17, 15) is 0 Å². The van der Waals surface area contributed by atoms with Crippen molar-refractivity contribution in [2.75, 3.05) is 11.9 Å². The van der Waals surface area contributed by atoms with Gasteiger partial charge in [0.2, 0.25) is 0 Å². The smallest absolute Gasteiger partial charge is 0.144 e. The summed E-state index contributed by atoms with van der Waals surface area (Å²) in [6.45, 7) is 3.16. The van der Waals surface area contributed by atoms with E-state index >= 15 is 0 Å². The Balaban J connectivity index is 1.92. The average Bonchev–Trinajstić information content (AvgIpc) is 2.90. The lowest BCUT2D eigenvalue weighted by molar-refractivity contribution is 0.399. The molecule has 1 heterocycles. The minimum absolute atomic E-state index is 0.602. The van der Waals surface area contributed by atoms with Crippen LogP contribution in [0.3, 0.4) is 0 Å². The quantitative estimate of drug-likeness (QED) is 0.822. The van der Waals surface area contributed by atoms with Crippen LogP contribution in [0.15, 0.2) is 4.47 Å². The summed E-state index contributed by atoms with van der Waals surface area (Å²) in [4.78, 5) is 9.74. The Morgan fingerprint density at radius 2 is 1.75 bits per heavy atom. The summed E-state index contributed by atoms with van der Waals surface area (Å²) in [5.74, 6) is 3.34. The van der Waals surface area contributed by atoms with E-state index < -0.39 is 0 Å². The molecule has 4 heteroatoms. The van der Waals surface area contributed by atoms with Gasteiger partial charge in [0.1, 0.15) is 11.6 Å². The molecule has 0 aromatic carbocycles. The molecule has 1 aromatic rings. The Hall–Kier alpha value is -0.640. The van der Waals surface area contributed by atoms with Gasteiger partial charge in [-0.2, -0.15) is 0 Å². The Morgan fingerprint density at radius 1 is 1.05 bits per heavy atom. The molecule has 2 aliphatic carbocycles. The summed E-state index contributed by atoms with van der Waals surface area (Å²) in [5.41, 5.74) is 1.26. The van der Waals surface area contributed by atoms with Gasteiger partial charge in [0.15, 0.2) is 0 Å². The molecule has 1 aromatic heterocycles. The van der Waals surface area contributed by atoms with Gasteiger partial charge in [0.25, 0.3) is 0 Å². The van der Waals surface area contributed by atoms with Gasteiger partial charge in [-0.15, -0.1) is 0 Å². The van der Waals surface area contributed by atoms with Crippen LogP contribution in [0, 0.1) is 0 Å². The van der Waals surface area contributed by atoms with Crippen molar-refractivity contribution < 1.29 is 0 Å². The fourth-order valence-electron chi connectivity index (χ4n) is 3.16. The SMILES string of the molecule is CCCNc1nc(C2CCC2)nc(C2CCCC2)c1Br. The van der Waals surface area contributed by atoms with Crippen molar-refractivity contribution >= 4 is 21.7 Å². The van der Waals surface area contributed by atoms with Gasteiger partial charge in [0.05, 0.1) is 10.2 Å². The average molecular weight is 338 g/mol. The topological polar surface area (TPSA) is 37.8 Å². The largest absolute Gasteiger partial charge is 0.369 e. The number of rotatable bonds is 5. The Kier molecular flexibility index (Phi) is 4.59. The lowest BCUT2D eigenvalue weighted by Gasteiger charge is -2.26. The highest BCUT2D eigenvalue weighted by Crippen LogP contribution is 2.41. The second kappa shape index (κ2) is 6.42. The first kappa shape index (κ1) is 14.3. The molecule has 0 amide bonds. The molecule has 3 nitrogen and oxygen atoms in total. The molecule has 20 heavy (non-hydrogen) atoms. The molecule has 0 bridgehead atoms. The van der Waals surface area contributed by atoms with Crippen LogP contribution in [0.1, 0.15) is 81.6 Å². The predicted molar refractivity (Wildman–Crippen MR) is 86.3 cm³/mol. The van der Waals surface area contributed by atoms with Crippen molar-refractivity contribution in [2.45, 2.75) is 70.1 Å². The highest BCUT2D eigenvalue weighted by Gasteiger charge is 2.28. The molecule has 3 rings (SSSR count). The first-order valence-corrected chi connectivity index (χ1v) is 8.90. The summed E-state index contributed by atoms with van der Waals surface area (Å²) in [7, 11) is 0. The molecule has 2 saturated carbocycles. The van der Waals surface area contributed by atoms with Crippen LogP contribution in [-0.4, -0.2) is 16.5 Å². The summed E-state index contributed by atoms with van der Waals surface area (Å²) in [6, 6.07) is 0. The third kappa shape index (κ3) is 2.85. The van der Waals surface area contributed by atoms with Crippen molar-refractivity contribution in [1.29, 1.82) is 0 Å². The van der Waals surface area contributed by atoms with E-state index in [4.69, 9.17) is 9.97 Å². The molecular formula is C16H24BrN3. The van der Waals surface area contributed by atoms with Gasteiger partial charge in [-0.05, 0) is 48.0 Å². The molecule has 0 radical (unpaired) electrons. The van der Waals surface area contributed by atoms with Crippen LogP contribution in [-0.2, 0) is 0 Å². The Morgan fingerprint density at radius 3 is 2.35 bits per heavy atom. The molecule has 0 atom stereocenters. The number of aromatic nitrogens is 2. The van der Waals surface area contributed by atoms with Crippen molar-refractivity contribution in [3.8, 4) is 0 Å². The number of hydrogen-bond donors (Lipinski definition) is 1. The lowest BCUT2D eigenvalue weighted by atomic mass is 9.84. The summed E-state index contributed by atoms with van der Waals surface area (Å²) < 4.78 is 1.11. The lowest BCUT2D eigenvalue weighted by Crippen LogP contribution is -2.17. The first-order valence-electron chi connectivity index (χ1n) is 8.10. The van der Waals surface area contributed by atoms with Crippen molar-refractivity contribution in [3.63, 3.8) is 0 Å². The number of nitrogens with zero attached hydrogens (tertiary/aromatic N) is 2. The molecule has 1 N–H and O–H groups in total. The molecule has 0 saturated heterocycles. The molecule has 2 fully saturated rings. The van der Waals surface area contributed by atoms with Crippen LogP contribution in [0.5, 0.6) is 0 Å². The van der Waals surface area contributed by atoms with Crippen molar-refractivity contribution in [2.24, 2.45) is 0 Å². The molecule has 110 valence electrons. The molecule has 0 aliphatic heterocycles. The minimum Gasteiger partial charge on any atom is -0.369 e. The van der Waals surface area contributed by atoms with E-state index in [0.717, 1.165) is 29.1 Å². The maximum absolute atomic E-state index is 4.95. The van der Waals surface area contributed by atoms with Crippen LogP contribution >= 0.6 is 15.9 Å². The summed E-state index contributed by atoms with van der Waals surface area (Å²) >= 11 is 3.76. The Bertz CT molecular complexity index is 465. The van der Waals surface area contributed by atoms with Crippen LogP contribution < -0.4 is 5.32 Å². The molecule has 2 aliphatic rings. The number of nitrogens with one attached hydrogen (secondary N) is 1. The predicted octanol–water partition coefficient (Wildman–Crippen LogP) is 4.99. The van der Waals surface area contributed by atoms with E-state index in [1.54, 1.807) is 0 Å². The van der Waals surface area contributed by atoms with Crippen molar-refractivity contribution in [3.05, 3.63) is 16.0 Å². The second-order valence-electron chi connectivity index (χ2n) is 6.17. The van der Waals surface area contributed by atoms with Crippen LogP contribution in [0.25, 0.3) is 0 Å². The van der Waals surface area contributed by atoms with Crippen LogP contribution in [0.4, 0.5) is 5.82 Å². The standard InChI is InChI=1S/C16H24BrN3/c1-2-10-18-16-13(17)14(11-6-3-4-7-11)19-15(20-16)12-8-5-9-12/h11-12H,2-10H2,1H3,(H,18,19,20). The van der Waals surface area contributed by atoms with Crippen LogP contribution in [0.2, 0.25) is 0 Å². The molecule has 0 unspecified atom stereocenters. The number of anilines is 1. The first-order chi connectivity index (χ1) is 9.79. The third-order valence-corrected chi connectivity index (χ3v) is 5.43. The maximum atomic E-state index is 4.95. The highest BCUT2D eigenvalue weighted by atomic mass is 79.9. The normalized spacial score (nSPS) is 20.1. The molecular weight excluding hydrogens is 314 g/mol. The third-order valence-electron chi connectivity index (χ3n) is 4.65. The summed E-state index contributed by atoms with van der Waals surface area (Å²) in [6.07, 6.45) is 10.2. The van der Waals surface area contributed by atoms with Crippen molar-refractivity contribution in [1.82, 2.24) is 9.97 Å². The van der Waals surface area contributed by atoms with Gasteiger partial charge < -0.3 is 5.32 Å². The van der Waals surface area contributed by atoms with Gasteiger partial charge in [-0.25, -0.2) is 9.97 Å². The fraction of sp³-hybridized carbons (Fsp3) is 0.750. The van der Waals surface area contributed by atoms with E-state index in [1.807, 2.05) is 0 Å². The fourth-order valence-corrected chi connectivity index (χ4v) is 3.80. The minimum atomic E-state index is 0.602. The van der Waals surface area contributed by atoms with Gasteiger partial charge in [-0.1, -0.05) is 26.2 Å². The van der Waals surface area contributed by atoms with Gasteiger partial charge in [-0.3, -0.25) is 0 Å². The zero-order chi connectivity index (χ0) is 13.9. The zero-order valence-corrected chi connectivity index (χ0v) is 13.9. The number of hydrogen-bond acceptors (Lipinski definition) is 3. The second-order valence-corrected chi connectivity index (χ2v) is 6.96. The maximum Gasteiger partial charge on any atom is 0.144 e. The zero-order valence-electron chi connectivity index (χ0n) is 12.3. The molecule has 0 spiro atoms. The van der Waals surface area contributed by atoms with E-state index in [2.05, 4.69) is 28.2 Å². The van der Waals surface area contributed by atoms with E-state index in [1.165, 1.54) is 50.6 Å². The Labute approximate surface area is 130 Å². The monoisotopic (exact) mass is 337 g/mol. The van der Waals surface area contributed by atoms with E-state index in [0.29, 0.717) is 11.8 Å². The highest BCUT2D eigenvalue weighted by molar-refractivity contribution is 9.10. The summed E-state index contributed by atoms with van der Waals surface area (Å²) in [5, 5.41) is 3.47. The number of halogens is 1. The van der Waals surface area contributed by atoms with E-state index in [-0.39, 0.29) is 0 Å².